The number of hydrogen-bond acceptors (Lipinski definition) is 4. The molecule has 1 aromatic heterocycles. The predicted molar refractivity (Wildman–Crippen MR) is 61.7 cm³/mol. The molecule has 2 aliphatic heterocycles. The lowest BCUT2D eigenvalue weighted by atomic mass is 9.97. The van der Waals surface area contributed by atoms with Crippen molar-refractivity contribution in [3.05, 3.63) is 17.8 Å². The first-order valence-electron chi connectivity index (χ1n) is 6.16. The van der Waals surface area contributed by atoms with Crippen molar-refractivity contribution < 1.29 is 9.21 Å². The second kappa shape index (κ2) is 4.14. The maximum Gasteiger partial charge on any atom is 0.307 e. The van der Waals surface area contributed by atoms with Gasteiger partial charge in [0.05, 0.1) is 6.20 Å². The highest BCUT2D eigenvalue weighted by Gasteiger charge is 2.33. The smallest absolute Gasteiger partial charge is 0.307 e. The van der Waals surface area contributed by atoms with E-state index in [1.807, 2.05) is 0 Å². The van der Waals surface area contributed by atoms with E-state index in [1.165, 1.54) is 19.5 Å². The Balaban J connectivity index is 1.62. The molecule has 3 heterocycles. The number of nitrogens with one attached hydrogen (secondary N) is 1. The minimum Gasteiger partial charge on any atom is -0.438 e. The highest BCUT2D eigenvalue weighted by Crippen LogP contribution is 2.26. The Kier molecular flexibility index (Phi) is 2.63. The van der Waals surface area contributed by atoms with Crippen LogP contribution >= 0.6 is 0 Å². The Morgan fingerprint density at radius 2 is 2.47 bits per heavy atom. The number of aromatic nitrogens is 1. The molecule has 0 aliphatic carbocycles. The number of piperidine rings is 1. The van der Waals surface area contributed by atoms with Crippen LogP contribution in [0.4, 0.5) is 0 Å². The van der Waals surface area contributed by atoms with E-state index in [9.17, 15) is 4.79 Å². The van der Waals surface area contributed by atoms with Gasteiger partial charge in [0.25, 0.3) is 5.89 Å². The number of oxazole rings is 1. The molecule has 0 aromatic carbocycles. The van der Waals surface area contributed by atoms with Gasteiger partial charge in [0, 0.05) is 19.1 Å². The van der Waals surface area contributed by atoms with Gasteiger partial charge in [-0.1, -0.05) is 0 Å². The van der Waals surface area contributed by atoms with Gasteiger partial charge in [0.1, 0.15) is 5.76 Å². The molecule has 1 amide bonds. The molecule has 0 radical (unpaired) electrons. The Bertz CT molecular complexity index is 417. The van der Waals surface area contributed by atoms with E-state index in [2.05, 4.69) is 15.2 Å². The van der Waals surface area contributed by atoms with E-state index >= 15 is 0 Å². The van der Waals surface area contributed by atoms with Gasteiger partial charge in [-0.15, -0.1) is 0 Å². The number of rotatable bonds is 2. The molecule has 2 aliphatic rings. The SMILES string of the molecule is Cc1cnc(C(=O)N[C@@H]2C[C@@H]3CCN(C3)C2)o1. The van der Waals surface area contributed by atoms with E-state index < -0.39 is 0 Å². The van der Waals surface area contributed by atoms with Crippen molar-refractivity contribution >= 4 is 5.91 Å². The van der Waals surface area contributed by atoms with Crippen molar-refractivity contribution in [3.63, 3.8) is 0 Å². The molecular weight excluding hydrogens is 218 g/mol. The van der Waals surface area contributed by atoms with Crippen LogP contribution in [0.5, 0.6) is 0 Å². The summed E-state index contributed by atoms with van der Waals surface area (Å²) in [6.45, 7) is 5.12. The minimum atomic E-state index is -0.189. The first kappa shape index (κ1) is 10.8. The summed E-state index contributed by atoms with van der Waals surface area (Å²) in [4.78, 5) is 18.2. The number of hydrogen-bond donors (Lipinski definition) is 1. The third-order valence-electron chi connectivity index (χ3n) is 3.62. The first-order valence-corrected chi connectivity index (χ1v) is 6.16. The molecule has 3 atom stereocenters. The van der Waals surface area contributed by atoms with Crippen LogP contribution in [0.3, 0.4) is 0 Å². The third kappa shape index (κ3) is 2.20. The lowest BCUT2D eigenvalue weighted by Gasteiger charge is -2.30. The Morgan fingerprint density at radius 3 is 3.18 bits per heavy atom. The fourth-order valence-electron chi connectivity index (χ4n) is 2.87. The van der Waals surface area contributed by atoms with E-state index in [4.69, 9.17) is 4.42 Å². The molecule has 3 rings (SSSR count). The van der Waals surface area contributed by atoms with Gasteiger partial charge >= 0.3 is 5.91 Å². The lowest BCUT2D eigenvalue weighted by molar-refractivity contribution is 0.0873. The van der Waals surface area contributed by atoms with Crippen molar-refractivity contribution in [2.45, 2.75) is 25.8 Å². The fraction of sp³-hybridized carbons (Fsp3) is 0.667. The monoisotopic (exact) mass is 235 g/mol. The topological polar surface area (TPSA) is 58.4 Å². The average molecular weight is 235 g/mol. The van der Waals surface area contributed by atoms with Crippen LogP contribution in [0.25, 0.3) is 0 Å². The number of fused-ring (bicyclic) bond motifs is 2. The maximum atomic E-state index is 11.9. The van der Waals surface area contributed by atoms with Gasteiger partial charge in [0.15, 0.2) is 0 Å². The summed E-state index contributed by atoms with van der Waals surface area (Å²) in [7, 11) is 0. The Hall–Kier alpha value is -1.36. The molecule has 92 valence electrons. The van der Waals surface area contributed by atoms with Crippen LogP contribution in [0, 0.1) is 12.8 Å². The van der Waals surface area contributed by atoms with Gasteiger partial charge in [0.2, 0.25) is 0 Å². The molecule has 2 saturated heterocycles. The highest BCUT2D eigenvalue weighted by molar-refractivity contribution is 5.89. The summed E-state index contributed by atoms with van der Waals surface area (Å²) in [6.07, 6.45) is 3.93. The molecule has 17 heavy (non-hydrogen) atoms. The molecule has 0 saturated carbocycles. The average Bonchev–Trinajstić information content (AvgIpc) is 2.85. The summed E-state index contributed by atoms with van der Waals surface area (Å²) in [5.74, 6) is 1.41. The van der Waals surface area contributed by atoms with Gasteiger partial charge < -0.3 is 14.6 Å². The normalized spacial score (nSPS) is 31.5. The zero-order chi connectivity index (χ0) is 11.8. The van der Waals surface area contributed by atoms with Gasteiger partial charge in [-0.25, -0.2) is 4.98 Å². The van der Waals surface area contributed by atoms with E-state index in [1.54, 1.807) is 13.1 Å². The quantitative estimate of drug-likeness (QED) is 0.824. The summed E-state index contributed by atoms with van der Waals surface area (Å²) < 4.78 is 5.22. The van der Waals surface area contributed by atoms with E-state index in [-0.39, 0.29) is 17.8 Å². The van der Waals surface area contributed by atoms with Crippen LogP contribution in [0.2, 0.25) is 0 Å². The molecule has 5 nitrogen and oxygen atoms in total. The molecule has 1 N–H and O–H groups in total. The number of carbonyl (C=O) groups is 1. The van der Waals surface area contributed by atoms with Crippen molar-refractivity contribution in [3.8, 4) is 0 Å². The Morgan fingerprint density at radius 1 is 1.59 bits per heavy atom. The van der Waals surface area contributed by atoms with Crippen LogP contribution in [0.1, 0.15) is 29.3 Å². The van der Waals surface area contributed by atoms with Crippen LogP contribution in [0.15, 0.2) is 10.6 Å². The number of carbonyl (C=O) groups excluding carboxylic acids is 1. The standard InChI is InChI=1S/C12H17N3O2/c1-8-5-13-12(17-8)11(16)14-10-4-9-2-3-15(6-9)7-10/h5,9-10H,2-4,6-7H2,1H3,(H,14,16)/t9-,10+/m0/s1. The fourth-order valence-corrected chi connectivity index (χ4v) is 2.87. The molecule has 2 fully saturated rings. The van der Waals surface area contributed by atoms with Crippen LogP contribution in [-0.2, 0) is 0 Å². The van der Waals surface area contributed by atoms with Crippen molar-refractivity contribution in [2.24, 2.45) is 5.92 Å². The highest BCUT2D eigenvalue weighted by atomic mass is 16.4. The number of aryl methyl sites for hydroxylation is 1. The van der Waals surface area contributed by atoms with Gasteiger partial charge in [-0.05, 0) is 32.2 Å². The number of nitrogens with zero attached hydrogens (tertiary/aromatic N) is 2. The minimum absolute atomic E-state index is 0.176. The predicted octanol–water partition coefficient (Wildman–Crippen LogP) is 0.807. The second-order valence-electron chi connectivity index (χ2n) is 5.10. The number of amides is 1. The largest absolute Gasteiger partial charge is 0.438 e. The van der Waals surface area contributed by atoms with Crippen molar-refractivity contribution in [1.29, 1.82) is 0 Å². The zero-order valence-corrected chi connectivity index (χ0v) is 9.98. The van der Waals surface area contributed by atoms with Gasteiger partial charge in [-0.2, -0.15) is 0 Å². The molecule has 0 spiro atoms. The molecule has 5 heteroatoms. The van der Waals surface area contributed by atoms with Crippen molar-refractivity contribution in [1.82, 2.24) is 15.2 Å². The second-order valence-corrected chi connectivity index (χ2v) is 5.10. The van der Waals surface area contributed by atoms with E-state index in [0.717, 1.165) is 18.9 Å². The maximum absolute atomic E-state index is 11.9. The summed E-state index contributed by atoms with van der Waals surface area (Å²) in [5, 5.41) is 3.01. The van der Waals surface area contributed by atoms with Crippen LogP contribution in [-0.4, -0.2) is 41.5 Å². The molecule has 2 bridgehead atoms. The summed E-state index contributed by atoms with van der Waals surface area (Å²) in [5.41, 5.74) is 0. The molecule has 1 aromatic rings. The van der Waals surface area contributed by atoms with Crippen LogP contribution < -0.4 is 5.32 Å². The third-order valence-corrected chi connectivity index (χ3v) is 3.62. The summed E-state index contributed by atoms with van der Waals surface area (Å²) in [6, 6.07) is 0.246. The molecular formula is C12H17N3O2. The van der Waals surface area contributed by atoms with Crippen molar-refractivity contribution in [2.75, 3.05) is 19.6 Å². The summed E-state index contributed by atoms with van der Waals surface area (Å²) >= 11 is 0. The Labute approximate surface area is 100 Å². The van der Waals surface area contributed by atoms with Gasteiger partial charge in [-0.3, -0.25) is 4.79 Å². The van der Waals surface area contributed by atoms with E-state index in [0.29, 0.717) is 5.76 Å². The zero-order valence-electron chi connectivity index (χ0n) is 9.98. The lowest BCUT2D eigenvalue weighted by Crippen LogP contribution is -2.47. The first-order chi connectivity index (χ1) is 8.20. The molecule has 1 unspecified atom stereocenters.